The number of rotatable bonds is 4. The molecule has 0 spiro atoms. The molecule has 0 heterocycles. The third-order valence-corrected chi connectivity index (χ3v) is 3.42. The fourth-order valence-electron chi connectivity index (χ4n) is 1.64. The summed E-state index contributed by atoms with van der Waals surface area (Å²) in [6, 6.07) is 5.63. The molecule has 3 heteroatoms. The van der Waals surface area contributed by atoms with Gasteiger partial charge >= 0.3 is 0 Å². The smallest absolute Gasteiger partial charge is 0.254 e. The molecule has 0 aliphatic heterocycles. The molecule has 0 aliphatic carbocycles. The van der Waals surface area contributed by atoms with Gasteiger partial charge in [-0.1, -0.05) is 34.8 Å². The maximum Gasteiger partial charge on any atom is 0.254 e. The lowest BCUT2D eigenvalue weighted by atomic mass is 10.1. The molecule has 0 aliphatic rings. The lowest BCUT2D eigenvalue weighted by Crippen LogP contribution is -2.32. The van der Waals surface area contributed by atoms with E-state index in [1.807, 2.05) is 32.0 Å². The zero-order valence-electron chi connectivity index (χ0n) is 10.2. The van der Waals surface area contributed by atoms with Crippen molar-refractivity contribution in [3.8, 4) is 12.3 Å². The van der Waals surface area contributed by atoms with Crippen molar-refractivity contribution in [3.63, 3.8) is 0 Å². The standard InChI is InChI=1S/C14H16BrNO/c1-4-9-16(10-5-2)14(17)12-7-6-8-13(15)11(12)3/h1,6-8H,5,9-10H2,2-3H3. The molecule has 0 bridgehead atoms. The van der Waals surface area contributed by atoms with Gasteiger partial charge in [-0.15, -0.1) is 6.42 Å². The molecule has 0 atom stereocenters. The van der Waals surface area contributed by atoms with Gasteiger partial charge in [-0.05, 0) is 31.0 Å². The Morgan fingerprint density at radius 2 is 2.24 bits per heavy atom. The minimum absolute atomic E-state index is 0.00333. The summed E-state index contributed by atoms with van der Waals surface area (Å²) in [5.41, 5.74) is 1.67. The van der Waals surface area contributed by atoms with E-state index in [1.54, 1.807) is 4.90 Å². The van der Waals surface area contributed by atoms with Crippen molar-refractivity contribution < 1.29 is 4.79 Å². The quantitative estimate of drug-likeness (QED) is 0.781. The van der Waals surface area contributed by atoms with E-state index in [2.05, 4.69) is 21.9 Å². The van der Waals surface area contributed by atoms with Crippen LogP contribution < -0.4 is 0 Å². The van der Waals surface area contributed by atoms with E-state index in [-0.39, 0.29) is 5.91 Å². The van der Waals surface area contributed by atoms with Gasteiger partial charge in [0.1, 0.15) is 0 Å². The maximum atomic E-state index is 12.3. The molecule has 0 saturated heterocycles. The largest absolute Gasteiger partial charge is 0.328 e. The van der Waals surface area contributed by atoms with Gasteiger partial charge in [-0.2, -0.15) is 0 Å². The van der Waals surface area contributed by atoms with Crippen molar-refractivity contribution in [2.75, 3.05) is 13.1 Å². The third-order valence-electron chi connectivity index (χ3n) is 2.56. The van der Waals surface area contributed by atoms with Crippen LogP contribution in [0.5, 0.6) is 0 Å². The predicted octanol–water partition coefficient (Wildman–Crippen LogP) is 3.24. The van der Waals surface area contributed by atoms with Gasteiger partial charge < -0.3 is 4.90 Å². The van der Waals surface area contributed by atoms with E-state index in [9.17, 15) is 4.79 Å². The Morgan fingerprint density at radius 3 is 2.82 bits per heavy atom. The zero-order chi connectivity index (χ0) is 12.8. The minimum Gasteiger partial charge on any atom is -0.328 e. The fraction of sp³-hybridized carbons (Fsp3) is 0.357. The second-order valence-corrected chi connectivity index (χ2v) is 4.70. The highest BCUT2D eigenvalue weighted by atomic mass is 79.9. The highest BCUT2D eigenvalue weighted by Gasteiger charge is 2.16. The average Bonchev–Trinajstić information content (AvgIpc) is 2.31. The van der Waals surface area contributed by atoms with E-state index < -0.39 is 0 Å². The van der Waals surface area contributed by atoms with Crippen LogP contribution in [0.25, 0.3) is 0 Å². The fourth-order valence-corrected chi connectivity index (χ4v) is 2.01. The van der Waals surface area contributed by atoms with Crippen LogP contribution in [0.15, 0.2) is 22.7 Å². The molecule has 0 radical (unpaired) electrons. The van der Waals surface area contributed by atoms with E-state index in [1.165, 1.54) is 0 Å². The van der Waals surface area contributed by atoms with Crippen LogP contribution >= 0.6 is 15.9 Å². The molecule has 0 unspecified atom stereocenters. The molecule has 17 heavy (non-hydrogen) atoms. The Bertz CT molecular complexity index is 448. The average molecular weight is 294 g/mol. The molecular weight excluding hydrogens is 278 g/mol. The Morgan fingerprint density at radius 1 is 1.53 bits per heavy atom. The summed E-state index contributed by atoms with van der Waals surface area (Å²) in [5, 5.41) is 0. The van der Waals surface area contributed by atoms with Gasteiger partial charge in [0.25, 0.3) is 5.91 Å². The third kappa shape index (κ3) is 3.34. The van der Waals surface area contributed by atoms with E-state index >= 15 is 0 Å². The van der Waals surface area contributed by atoms with E-state index in [4.69, 9.17) is 6.42 Å². The van der Waals surface area contributed by atoms with Crippen LogP contribution in [-0.2, 0) is 0 Å². The maximum absolute atomic E-state index is 12.3. The van der Waals surface area contributed by atoms with Crippen molar-refractivity contribution in [2.45, 2.75) is 20.3 Å². The SMILES string of the molecule is C#CCN(CCC)C(=O)c1cccc(Br)c1C. The molecule has 2 nitrogen and oxygen atoms in total. The molecule has 1 aromatic rings. The highest BCUT2D eigenvalue weighted by Crippen LogP contribution is 2.20. The Kier molecular flexibility index (Phi) is 5.24. The number of nitrogens with zero attached hydrogens (tertiary/aromatic N) is 1. The van der Waals surface area contributed by atoms with Gasteiger partial charge in [0.05, 0.1) is 6.54 Å². The molecule has 90 valence electrons. The first-order chi connectivity index (χ1) is 8.11. The highest BCUT2D eigenvalue weighted by molar-refractivity contribution is 9.10. The Balaban J connectivity index is 3.01. The van der Waals surface area contributed by atoms with Crippen molar-refractivity contribution >= 4 is 21.8 Å². The number of hydrogen-bond acceptors (Lipinski definition) is 1. The lowest BCUT2D eigenvalue weighted by Gasteiger charge is -2.20. The zero-order valence-corrected chi connectivity index (χ0v) is 11.8. The van der Waals surface area contributed by atoms with Crippen LogP contribution in [0.2, 0.25) is 0 Å². The number of terminal acetylenes is 1. The summed E-state index contributed by atoms with van der Waals surface area (Å²) in [4.78, 5) is 14.0. The summed E-state index contributed by atoms with van der Waals surface area (Å²) in [7, 11) is 0. The second-order valence-electron chi connectivity index (χ2n) is 3.84. The van der Waals surface area contributed by atoms with Crippen LogP contribution in [0.1, 0.15) is 29.3 Å². The van der Waals surface area contributed by atoms with Gasteiger partial charge in [-0.25, -0.2) is 0 Å². The summed E-state index contributed by atoms with van der Waals surface area (Å²) >= 11 is 3.43. The number of carbonyl (C=O) groups excluding carboxylic acids is 1. The van der Waals surface area contributed by atoms with Gasteiger partial charge in [0, 0.05) is 16.6 Å². The number of carbonyl (C=O) groups is 1. The lowest BCUT2D eigenvalue weighted by molar-refractivity contribution is 0.0776. The molecule has 0 saturated carbocycles. The van der Waals surface area contributed by atoms with Crippen LogP contribution in [-0.4, -0.2) is 23.9 Å². The summed E-state index contributed by atoms with van der Waals surface area (Å²) in [5.74, 6) is 2.53. The van der Waals surface area contributed by atoms with E-state index in [0.29, 0.717) is 18.7 Å². The topological polar surface area (TPSA) is 20.3 Å². The van der Waals surface area contributed by atoms with Gasteiger partial charge in [-0.3, -0.25) is 4.79 Å². The van der Waals surface area contributed by atoms with Crippen molar-refractivity contribution in [1.82, 2.24) is 4.90 Å². The first-order valence-electron chi connectivity index (χ1n) is 5.59. The molecule has 1 aromatic carbocycles. The first kappa shape index (κ1) is 13.8. The van der Waals surface area contributed by atoms with Crippen LogP contribution in [0.4, 0.5) is 0 Å². The number of hydrogen-bond donors (Lipinski definition) is 0. The van der Waals surface area contributed by atoms with Crippen molar-refractivity contribution in [1.29, 1.82) is 0 Å². The van der Waals surface area contributed by atoms with Crippen molar-refractivity contribution in [2.24, 2.45) is 0 Å². The molecule has 1 rings (SSSR count). The first-order valence-corrected chi connectivity index (χ1v) is 6.39. The van der Waals surface area contributed by atoms with E-state index in [0.717, 1.165) is 16.5 Å². The summed E-state index contributed by atoms with van der Waals surface area (Å²) in [6.07, 6.45) is 6.19. The molecule has 1 amide bonds. The Labute approximate surface area is 111 Å². The summed E-state index contributed by atoms with van der Waals surface area (Å²) in [6.45, 7) is 5.01. The normalized spacial score (nSPS) is 9.76. The minimum atomic E-state index is 0.00333. The molecular formula is C14H16BrNO. The monoisotopic (exact) mass is 293 g/mol. The second kappa shape index (κ2) is 6.46. The number of amides is 1. The van der Waals surface area contributed by atoms with Crippen LogP contribution in [0, 0.1) is 19.3 Å². The van der Waals surface area contributed by atoms with Crippen molar-refractivity contribution in [3.05, 3.63) is 33.8 Å². The molecule has 0 fully saturated rings. The van der Waals surface area contributed by atoms with Gasteiger partial charge in [0.2, 0.25) is 0 Å². The number of benzene rings is 1. The molecule has 0 N–H and O–H groups in total. The summed E-state index contributed by atoms with van der Waals surface area (Å²) < 4.78 is 0.945. The van der Waals surface area contributed by atoms with Crippen LogP contribution in [0.3, 0.4) is 0 Å². The molecule has 0 aromatic heterocycles. The van der Waals surface area contributed by atoms with Gasteiger partial charge in [0.15, 0.2) is 0 Å². The number of halogens is 1. The predicted molar refractivity (Wildman–Crippen MR) is 73.9 cm³/mol. The Hall–Kier alpha value is -1.27.